The third-order valence-corrected chi connectivity index (χ3v) is 0. The molecule has 0 aromatic heterocycles. The van der Waals surface area contributed by atoms with E-state index in [0.29, 0.717) is 0 Å². The first-order valence-corrected chi connectivity index (χ1v) is 2.57. The fourth-order valence-corrected chi connectivity index (χ4v) is 0. The van der Waals surface area contributed by atoms with Crippen molar-refractivity contribution in [3.8, 4) is 0 Å². The third-order valence-electron chi connectivity index (χ3n) is 0. The molecule has 0 atom stereocenters. The molecule has 0 aromatic carbocycles. The van der Waals surface area contributed by atoms with Crippen LogP contribution in [-0.4, -0.2) is 10.4 Å². The Labute approximate surface area is 40.0 Å². The predicted octanol–water partition coefficient (Wildman–Crippen LogP) is -1.90. The second-order valence-corrected chi connectivity index (χ2v) is 0. The van der Waals surface area contributed by atoms with E-state index < -0.39 is 0 Å². The Morgan fingerprint density at radius 1 is 1.50 bits per heavy atom. The minimum absolute atomic E-state index is 0.750. The number of hydrogen-bond acceptors (Lipinski definition) is 2. The summed E-state index contributed by atoms with van der Waals surface area (Å²) in [6, 6.07) is 0. The van der Waals surface area contributed by atoms with Gasteiger partial charge in [0.25, 0.3) is 0 Å². The minimum atomic E-state index is 0.750. The summed E-state index contributed by atoms with van der Waals surface area (Å²) in [6.07, 6.45) is 0. The van der Waals surface area contributed by atoms with Crippen molar-refractivity contribution < 1.29 is 23.7 Å². The van der Waals surface area contributed by atoms with Crippen LogP contribution in [0.4, 0.5) is 0 Å². The fourth-order valence-electron chi connectivity index (χ4n) is 0. The van der Waals surface area contributed by atoms with Crippen molar-refractivity contribution in [2.75, 3.05) is 0 Å². The molecule has 0 aromatic rings. The molecule has 0 saturated carbocycles. The molecular weight excluding hydrogens is 106 g/mol. The number of hydrogen-bond donors (Lipinski definition) is 1. The van der Waals surface area contributed by atoms with Gasteiger partial charge in [-0.1, -0.05) is 0 Å². The number of nitrogens with two attached hydrogens (primary N) is 1. The molecule has 0 radical (unpaired) electrons. The van der Waals surface area contributed by atoms with Crippen LogP contribution >= 0.6 is 0 Å². The molecule has 2 N–H and O–H groups in total. The Balaban J connectivity index is 0. The maximum atomic E-state index is 8.25. The van der Waals surface area contributed by atoms with E-state index in [1.54, 1.807) is 0 Å². The topological polar surface area (TPSA) is 43.1 Å². The van der Waals surface area contributed by atoms with Gasteiger partial charge in [0, 0.05) is 0 Å². The van der Waals surface area contributed by atoms with Gasteiger partial charge in [0.15, 0.2) is 0 Å². The molecule has 0 rings (SSSR count). The number of rotatable bonds is 0. The average molecular weight is 111 g/mol. The van der Waals surface area contributed by atoms with E-state index in [9.17, 15) is 0 Å². The molecule has 0 bridgehead atoms. The second kappa shape index (κ2) is 56.0. The van der Waals surface area contributed by atoms with Crippen LogP contribution in [0.1, 0.15) is 0 Å². The zero-order valence-electron chi connectivity index (χ0n) is 2.49. The zero-order valence-corrected chi connectivity index (χ0v) is 6.05. The van der Waals surface area contributed by atoms with E-state index in [-0.39, 0.29) is 0 Å². The molecule has 0 aliphatic rings. The van der Waals surface area contributed by atoms with Gasteiger partial charge in [-0.2, -0.15) is 0 Å². The van der Waals surface area contributed by atoms with Crippen LogP contribution in [0.2, 0.25) is 0 Å². The standard InChI is InChI=1S/H5NSi.O.Ti/c1-2;;/h1H2,2H3;;. The SMILES string of the molecule is N[SiH3].[O]=[Ti]. The van der Waals surface area contributed by atoms with Crippen molar-refractivity contribution >= 4 is 10.4 Å². The van der Waals surface area contributed by atoms with Crippen LogP contribution in [0.3, 0.4) is 0 Å². The summed E-state index contributed by atoms with van der Waals surface area (Å²) in [5.74, 6) is 0. The maximum absolute atomic E-state index is 8.25. The molecule has 4 heavy (non-hydrogen) atoms. The molecule has 0 saturated heterocycles. The quantitative estimate of drug-likeness (QED) is 0.371. The Morgan fingerprint density at radius 2 is 1.50 bits per heavy atom. The first-order valence-electron chi connectivity index (χ1n) is 0.781. The van der Waals surface area contributed by atoms with Crippen LogP contribution in [0.15, 0.2) is 0 Å². The summed E-state index contributed by atoms with van der Waals surface area (Å²) in [5, 5.41) is 4.64. The van der Waals surface area contributed by atoms with Crippen LogP contribution in [0, 0.1) is 0 Å². The first kappa shape index (κ1) is 8.83. The van der Waals surface area contributed by atoms with Crippen molar-refractivity contribution in [1.82, 2.24) is 0 Å². The first-order chi connectivity index (χ1) is 2.00. The molecule has 0 amide bonds. The molecule has 0 aliphatic heterocycles. The van der Waals surface area contributed by atoms with Gasteiger partial charge in [-0.05, 0) is 0 Å². The normalized spacial score (nSPS) is 3.00. The molecule has 0 aliphatic carbocycles. The van der Waals surface area contributed by atoms with Crippen LogP contribution in [0.5, 0.6) is 0 Å². The average Bonchev–Trinajstić information content (AvgIpc) is 1.50. The van der Waals surface area contributed by atoms with Crippen LogP contribution in [0.25, 0.3) is 0 Å². The van der Waals surface area contributed by atoms with Gasteiger partial charge in [-0.15, -0.1) is 0 Å². The Kier molecular flexibility index (Phi) is 123. The molecule has 0 fully saturated rings. The van der Waals surface area contributed by atoms with Gasteiger partial charge < -0.3 is 5.40 Å². The molecule has 0 spiro atoms. The Hall–Kier alpha value is 0.691. The summed E-state index contributed by atoms with van der Waals surface area (Å²) in [7, 11) is 0.806. The molecule has 0 unspecified atom stereocenters. The van der Waals surface area contributed by atoms with Gasteiger partial charge in [-0.3, -0.25) is 0 Å². The van der Waals surface area contributed by atoms with Crippen molar-refractivity contribution in [1.29, 1.82) is 0 Å². The summed E-state index contributed by atoms with van der Waals surface area (Å²) in [6.45, 7) is 0. The molecule has 0 heterocycles. The summed E-state index contributed by atoms with van der Waals surface area (Å²) in [5.41, 5.74) is 0. The Morgan fingerprint density at radius 3 is 1.50 bits per heavy atom. The van der Waals surface area contributed by atoms with Gasteiger partial charge in [0.05, 0.1) is 10.4 Å². The third kappa shape index (κ3) is 16.1. The molecular formula is H5NOSiTi. The van der Waals surface area contributed by atoms with Gasteiger partial charge in [0.1, 0.15) is 0 Å². The van der Waals surface area contributed by atoms with Crippen LogP contribution in [-0.2, 0) is 23.7 Å². The van der Waals surface area contributed by atoms with E-state index in [4.69, 9.17) is 3.32 Å². The second-order valence-electron chi connectivity index (χ2n) is 0. The monoisotopic (exact) mass is 111 g/mol. The van der Waals surface area contributed by atoms with Crippen molar-refractivity contribution in [3.63, 3.8) is 0 Å². The van der Waals surface area contributed by atoms with E-state index >= 15 is 0 Å². The summed E-state index contributed by atoms with van der Waals surface area (Å²) < 4.78 is 8.25. The van der Waals surface area contributed by atoms with Crippen LogP contribution < -0.4 is 5.40 Å². The zero-order chi connectivity index (χ0) is 4.00. The molecule has 24 valence electrons. The molecule has 4 heteroatoms. The van der Waals surface area contributed by atoms with Gasteiger partial charge in [0.2, 0.25) is 0 Å². The van der Waals surface area contributed by atoms with E-state index in [2.05, 4.69) is 5.40 Å². The van der Waals surface area contributed by atoms with Crippen molar-refractivity contribution in [3.05, 3.63) is 0 Å². The predicted molar refractivity (Wildman–Crippen MR) is 14.8 cm³/mol. The summed E-state index contributed by atoms with van der Waals surface area (Å²) in [4.78, 5) is 0. The van der Waals surface area contributed by atoms with E-state index in [1.165, 1.54) is 0 Å². The van der Waals surface area contributed by atoms with E-state index in [0.717, 1.165) is 30.8 Å². The molecule has 2 nitrogen and oxygen atoms in total. The van der Waals surface area contributed by atoms with Gasteiger partial charge >= 0.3 is 23.7 Å². The van der Waals surface area contributed by atoms with Crippen molar-refractivity contribution in [2.45, 2.75) is 0 Å². The van der Waals surface area contributed by atoms with E-state index in [1.807, 2.05) is 0 Å². The van der Waals surface area contributed by atoms with Gasteiger partial charge in [-0.25, -0.2) is 0 Å². The fraction of sp³-hybridized carbons (Fsp3) is 0. The van der Waals surface area contributed by atoms with Crippen molar-refractivity contribution in [2.24, 2.45) is 5.40 Å². The Bertz CT molecular complexity index is 8.00. The summed E-state index contributed by atoms with van der Waals surface area (Å²) >= 11 is 0.750.